The summed E-state index contributed by atoms with van der Waals surface area (Å²) >= 11 is 0. The first-order valence-corrected chi connectivity index (χ1v) is 7.01. The van der Waals surface area contributed by atoms with Crippen molar-refractivity contribution in [2.45, 2.75) is 39.3 Å². The smallest absolute Gasteiger partial charge is 0.328 e. The SMILES string of the molecule is CCN1CC(C)(C)OC(=O)C1c1cn(C)nc1NC(C)=O. The number of carbonyl (C=O) groups excluding carboxylic acids is 2. The van der Waals surface area contributed by atoms with Crippen LogP contribution >= 0.6 is 0 Å². The van der Waals surface area contributed by atoms with Gasteiger partial charge >= 0.3 is 5.97 Å². The monoisotopic (exact) mass is 294 g/mol. The van der Waals surface area contributed by atoms with Crippen molar-refractivity contribution in [1.29, 1.82) is 0 Å². The number of ether oxygens (including phenoxy) is 1. The second-order valence-corrected chi connectivity index (χ2v) is 5.93. The molecule has 1 atom stereocenters. The van der Waals surface area contributed by atoms with Crippen LogP contribution in [-0.2, 0) is 21.4 Å². The molecule has 1 aliphatic rings. The van der Waals surface area contributed by atoms with Crippen LogP contribution in [0.1, 0.15) is 39.3 Å². The predicted molar refractivity (Wildman–Crippen MR) is 77.7 cm³/mol. The van der Waals surface area contributed by atoms with Crippen molar-refractivity contribution >= 4 is 17.7 Å². The van der Waals surface area contributed by atoms with Gasteiger partial charge in [-0.2, -0.15) is 5.10 Å². The van der Waals surface area contributed by atoms with Crippen LogP contribution in [0.5, 0.6) is 0 Å². The normalized spacial score (nSPS) is 22.0. The fourth-order valence-electron chi connectivity index (χ4n) is 2.68. The van der Waals surface area contributed by atoms with E-state index in [2.05, 4.69) is 10.4 Å². The predicted octanol–water partition coefficient (Wildman–Crippen LogP) is 1.08. The number of hydrogen-bond donors (Lipinski definition) is 1. The van der Waals surface area contributed by atoms with Gasteiger partial charge in [-0.05, 0) is 20.4 Å². The molecule has 1 aromatic heterocycles. The number of amides is 1. The van der Waals surface area contributed by atoms with E-state index in [1.54, 1.807) is 17.9 Å². The number of aryl methyl sites for hydroxylation is 1. The maximum Gasteiger partial charge on any atom is 0.328 e. The van der Waals surface area contributed by atoms with Gasteiger partial charge in [-0.15, -0.1) is 0 Å². The highest BCUT2D eigenvalue weighted by atomic mass is 16.6. The van der Waals surface area contributed by atoms with Crippen LogP contribution in [0.25, 0.3) is 0 Å². The molecule has 1 fully saturated rings. The van der Waals surface area contributed by atoms with Crippen LogP contribution in [0.15, 0.2) is 6.20 Å². The van der Waals surface area contributed by atoms with E-state index in [1.807, 2.05) is 25.7 Å². The van der Waals surface area contributed by atoms with E-state index in [0.717, 1.165) is 0 Å². The van der Waals surface area contributed by atoms with E-state index in [0.29, 0.717) is 24.5 Å². The molecule has 2 rings (SSSR count). The number of nitrogens with zero attached hydrogens (tertiary/aromatic N) is 3. The number of cyclic esters (lactones) is 1. The molecule has 116 valence electrons. The topological polar surface area (TPSA) is 76.5 Å². The Kier molecular flexibility index (Phi) is 4.04. The van der Waals surface area contributed by atoms with Gasteiger partial charge in [0.05, 0.1) is 0 Å². The van der Waals surface area contributed by atoms with Crippen molar-refractivity contribution in [3.8, 4) is 0 Å². The number of anilines is 1. The largest absolute Gasteiger partial charge is 0.457 e. The molecule has 1 N–H and O–H groups in total. The Hall–Kier alpha value is -1.89. The molecule has 1 aromatic rings. The highest BCUT2D eigenvalue weighted by molar-refractivity contribution is 5.90. The van der Waals surface area contributed by atoms with Crippen LogP contribution in [0.2, 0.25) is 0 Å². The molecule has 7 heteroatoms. The lowest BCUT2D eigenvalue weighted by molar-refractivity contribution is -0.178. The lowest BCUT2D eigenvalue weighted by Gasteiger charge is -2.41. The van der Waals surface area contributed by atoms with Crippen LogP contribution in [-0.4, -0.2) is 45.2 Å². The minimum absolute atomic E-state index is 0.220. The Morgan fingerprint density at radius 2 is 2.24 bits per heavy atom. The Bertz CT molecular complexity index is 565. The molecule has 0 aromatic carbocycles. The molecule has 2 heterocycles. The van der Waals surface area contributed by atoms with E-state index in [1.165, 1.54) is 6.92 Å². The van der Waals surface area contributed by atoms with Crippen molar-refractivity contribution in [2.24, 2.45) is 7.05 Å². The molecule has 1 aliphatic heterocycles. The summed E-state index contributed by atoms with van der Waals surface area (Å²) < 4.78 is 7.10. The fraction of sp³-hybridized carbons (Fsp3) is 0.643. The summed E-state index contributed by atoms with van der Waals surface area (Å²) in [6.45, 7) is 8.53. The number of hydrogen-bond acceptors (Lipinski definition) is 5. The van der Waals surface area contributed by atoms with Crippen LogP contribution in [0.4, 0.5) is 5.82 Å². The average molecular weight is 294 g/mol. The number of aromatic nitrogens is 2. The Morgan fingerprint density at radius 1 is 1.57 bits per heavy atom. The van der Waals surface area contributed by atoms with E-state index in [9.17, 15) is 9.59 Å². The summed E-state index contributed by atoms with van der Waals surface area (Å²) in [6, 6.07) is -0.543. The third kappa shape index (κ3) is 3.24. The van der Waals surface area contributed by atoms with Gasteiger partial charge in [0, 0.05) is 32.3 Å². The zero-order chi connectivity index (χ0) is 15.8. The molecular weight excluding hydrogens is 272 g/mol. The van der Waals surface area contributed by atoms with Crippen LogP contribution in [0, 0.1) is 0 Å². The summed E-state index contributed by atoms with van der Waals surface area (Å²) in [5.74, 6) is -0.125. The highest BCUT2D eigenvalue weighted by Crippen LogP contribution is 2.34. The first-order chi connectivity index (χ1) is 9.73. The Morgan fingerprint density at radius 3 is 2.81 bits per heavy atom. The summed E-state index contributed by atoms with van der Waals surface area (Å²) in [4.78, 5) is 25.8. The molecule has 7 nitrogen and oxygen atoms in total. The number of morpholine rings is 1. The van der Waals surface area contributed by atoms with Crippen molar-refractivity contribution in [3.63, 3.8) is 0 Å². The van der Waals surface area contributed by atoms with Gasteiger partial charge in [-0.1, -0.05) is 6.92 Å². The number of carbonyl (C=O) groups is 2. The van der Waals surface area contributed by atoms with Crippen LogP contribution < -0.4 is 5.32 Å². The Balaban J connectivity index is 2.39. The minimum Gasteiger partial charge on any atom is -0.457 e. The van der Waals surface area contributed by atoms with Crippen LogP contribution in [0.3, 0.4) is 0 Å². The zero-order valence-electron chi connectivity index (χ0n) is 13.1. The lowest BCUT2D eigenvalue weighted by Crippen LogP contribution is -2.52. The fourth-order valence-corrected chi connectivity index (χ4v) is 2.68. The third-order valence-corrected chi connectivity index (χ3v) is 3.40. The highest BCUT2D eigenvalue weighted by Gasteiger charge is 2.42. The van der Waals surface area contributed by atoms with Gasteiger partial charge in [0.2, 0.25) is 5.91 Å². The van der Waals surface area contributed by atoms with E-state index >= 15 is 0 Å². The van der Waals surface area contributed by atoms with E-state index in [4.69, 9.17) is 4.74 Å². The first kappa shape index (κ1) is 15.5. The quantitative estimate of drug-likeness (QED) is 0.844. The standard InChI is InChI=1S/C14H22N4O3/c1-6-18-8-14(3,4)21-13(20)11(18)10-7-17(5)16-12(10)15-9(2)19/h7,11H,6,8H2,1-5H3,(H,15,16,19). The summed E-state index contributed by atoms with van der Waals surface area (Å²) in [7, 11) is 1.75. The van der Waals surface area contributed by atoms with Gasteiger partial charge < -0.3 is 10.1 Å². The number of nitrogens with one attached hydrogen (secondary N) is 1. The van der Waals surface area contributed by atoms with Crippen molar-refractivity contribution < 1.29 is 14.3 Å². The van der Waals surface area contributed by atoms with Crippen molar-refractivity contribution in [3.05, 3.63) is 11.8 Å². The zero-order valence-corrected chi connectivity index (χ0v) is 13.1. The maximum absolute atomic E-state index is 12.4. The second kappa shape index (κ2) is 5.48. The molecular formula is C14H22N4O3. The van der Waals surface area contributed by atoms with Crippen molar-refractivity contribution in [1.82, 2.24) is 14.7 Å². The lowest BCUT2D eigenvalue weighted by atomic mass is 10.00. The molecule has 1 saturated heterocycles. The molecule has 21 heavy (non-hydrogen) atoms. The molecule has 1 amide bonds. The molecule has 0 spiro atoms. The summed E-state index contributed by atoms with van der Waals surface area (Å²) in [6.07, 6.45) is 1.75. The molecule has 0 aliphatic carbocycles. The average Bonchev–Trinajstić information content (AvgIpc) is 2.66. The maximum atomic E-state index is 12.4. The van der Waals surface area contributed by atoms with Gasteiger partial charge in [-0.3, -0.25) is 14.4 Å². The number of esters is 1. The summed E-state index contributed by atoms with van der Waals surface area (Å²) in [5, 5.41) is 6.89. The van der Waals surface area contributed by atoms with Gasteiger partial charge in [0.15, 0.2) is 5.82 Å². The third-order valence-electron chi connectivity index (χ3n) is 3.40. The summed E-state index contributed by atoms with van der Waals surface area (Å²) in [5.41, 5.74) is 0.148. The van der Waals surface area contributed by atoms with E-state index < -0.39 is 11.6 Å². The number of rotatable bonds is 3. The molecule has 0 radical (unpaired) electrons. The van der Waals surface area contributed by atoms with Gasteiger partial charge in [0.25, 0.3) is 0 Å². The first-order valence-electron chi connectivity index (χ1n) is 7.01. The van der Waals surface area contributed by atoms with Gasteiger partial charge in [0.1, 0.15) is 11.6 Å². The van der Waals surface area contributed by atoms with E-state index in [-0.39, 0.29) is 11.9 Å². The Labute approximate surface area is 124 Å². The number of likely N-dealkylation sites (N-methyl/N-ethyl adjacent to an activating group) is 1. The minimum atomic E-state index is -0.543. The van der Waals surface area contributed by atoms with Crippen molar-refractivity contribution in [2.75, 3.05) is 18.4 Å². The second-order valence-electron chi connectivity index (χ2n) is 5.93. The molecule has 0 saturated carbocycles. The van der Waals surface area contributed by atoms with Gasteiger partial charge in [-0.25, -0.2) is 4.79 Å². The molecule has 1 unspecified atom stereocenters. The molecule has 0 bridgehead atoms.